The molecule has 70 valence electrons. The highest BCUT2D eigenvalue weighted by Crippen LogP contribution is 2.26. The van der Waals surface area contributed by atoms with Gasteiger partial charge in [0.1, 0.15) is 0 Å². The molecule has 0 saturated heterocycles. The molecule has 3 nitrogen and oxygen atoms in total. The van der Waals surface area contributed by atoms with E-state index >= 15 is 0 Å². The number of nitrogens with zero attached hydrogens (tertiary/aromatic N) is 1. The van der Waals surface area contributed by atoms with Crippen molar-refractivity contribution in [1.82, 2.24) is 4.98 Å². The van der Waals surface area contributed by atoms with E-state index in [4.69, 9.17) is 4.74 Å². The van der Waals surface area contributed by atoms with E-state index in [9.17, 15) is 0 Å². The third kappa shape index (κ3) is 1.89. The van der Waals surface area contributed by atoms with Crippen LogP contribution in [0.2, 0.25) is 0 Å². The largest absolute Gasteiger partial charge is 0.375 e. The van der Waals surface area contributed by atoms with Crippen LogP contribution in [0.1, 0.15) is 10.6 Å². The van der Waals surface area contributed by atoms with Crippen molar-refractivity contribution in [3.05, 3.63) is 23.2 Å². The van der Waals surface area contributed by atoms with E-state index in [2.05, 4.69) is 16.9 Å². The molecule has 0 spiro atoms. The number of fused-ring (bicyclic) bond motifs is 1. The van der Waals surface area contributed by atoms with Crippen LogP contribution in [0.4, 0.5) is 5.13 Å². The lowest BCUT2D eigenvalue weighted by Gasteiger charge is -2.08. The Morgan fingerprint density at radius 1 is 1.69 bits per heavy atom. The Morgan fingerprint density at radius 3 is 3.38 bits per heavy atom. The van der Waals surface area contributed by atoms with Crippen LogP contribution in [0.15, 0.2) is 12.7 Å². The Balaban J connectivity index is 2.11. The molecule has 4 heteroatoms. The van der Waals surface area contributed by atoms with Gasteiger partial charge in [-0.3, -0.25) is 0 Å². The monoisotopic (exact) mass is 196 g/mol. The van der Waals surface area contributed by atoms with Crippen LogP contribution in [-0.2, 0) is 17.8 Å². The van der Waals surface area contributed by atoms with E-state index in [0.717, 1.165) is 31.3 Å². The molecule has 1 aromatic rings. The lowest BCUT2D eigenvalue weighted by Crippen LogP contribution is -2.07. The quantitative estimate of drug-likeness (QED) is 0.749. The Labute approximate surface area is 81.4 Å². The highest BCUT2D eigenvalue weighted by atomic mass is 32.1. The van der Waals surface area contributed by atoms with Gasteiger partial charge in [-0.15, -0.1) is 6.58 Å². The molecule has 0 aliphatic carbocycles. The molecule has 0 amide bonds. The molecule has 0 bridgehead atoms. The maximum atomic E-state index is 5.34. The first-order valence-corrected chi connectivity index (χ1v) is 5.13. The SMILES string of the molecule is C=CCNc1nc2c(s1)COCC2. The molecule has 0 fully saturated rings. The zero-order valence-electron chi connectivity index (χ0n) is 7.38. The Kier molecular flexibility index (Phi) is 2.61. The predicted octanol–water partition coefficient (Wildman–Crippen LogP) is 1.81. The lowest BCUT2D eigenvalue weighted by atomic mass is 10.2. The van der Waals surface area contributed by atoms with Gasteiger partial charge in [-0.1, -0.05) is 17.4 Å². The van der Waals surface area contributed by atoms with Crippen LogP contribution in [-0.4, -0.2) is 18.1 Å². The molecule has 1 aromatic heterocycles. The summed E-state index contributed by atoms with van der Waals surface area (Å²) in [6.45, 7) is 5.95. The van der Waals surface area contributed by atoms with Crippen molar-refractivity contribution in [2.45, 2.75) is 13.0 Å². The van der Waals surface area contributed by atoms with Gasteiger partial charge in [0.2, 0.25) is 0 Å². The molecule has 1 N–H and O–H groups in total. The highest BCUT2D eigenvalue weighted by molar-refractivity contribution is 7.15. The number of thiazole rings is 1. The fourth-order valence-electron chi connectivity index (χ4n) is 1.26. The second-order valence-electron chi connectivity index (χ2n) is 2.86. The minimum atomic E-state index is 0.725. The first kappa shape index (κ1) is 8.72. The first-order chi connectivity index (χ1) is 6.40. The summed E-state index contributed by atoms with van der Waals surface area (Å²) in [6, 6.07) is 0. The topological polar surface area (TPSA) is 34.2 Å². The minimum Gasteiger partial charge on any atom is -0.375 e. The standard InChI is InChI=1S/C9H12N2OS/c1-2-4-10-9-11-7-3-5-12-6-8(7)13-9/h2H,1,3-6H2,(H,10,11). The van der Waals surface area contributed by atoms with Gasteiger partial charge >= 0.3 is 0 Å². The second kappa shape index (κ2) is 3.89. The van der Waals surface area contributed by atoms with E-state index in [1.807, 2.05) is 6.08 Å². The number of anilines is 1. The fourth-order valence-corrected chi connectivity index (χ4v) is 2.21. The van der Waals surface area contributed by atoms with Crippen molar-refractivity contribution < 1.29 is 4.74 Å². The summed E-state index contributed by atoms with van der Waals surface area (Å²) in [5.41, 5.74) is 1.20. The van der Waals surface area contributed by atoms with Crippen LogP contribution in [0.5, 0.6) is 0 Å². The van der Waals surface area contributed by atoms with Crippen LogP contribution >= 0.6 is 11.3 Å². The van der Waals surface area contributed by atoms with E-state index in [0.29, 0.717) is 0 Å². The Morgan fingerprint density at radius 2 is 2.62 bits per heavy atom. The van der Waals surface area contributed by atoms with E-state index in [1.165, 1.54) is 10.6 Å². The zero-order chi connectivity index (χ0) is 9.10. The third-order valence-corrected chi connectivity index (χ3v) is 2.92. The van der Waals surface area contributed by atoms with Gasteiger partial charge in [0, 0.05) is 13.0 Å². The molecule has 0 aromatic carbocycles. The molecule has 2 heterocycles. The number of hydrogen-bond acceptors (Lipinski definition) is 4. The summed E-state index contributed by atoms with van der Waals surface area (Å²) in [6.07, 6.45) is 2.78. The molecule has 13 heavy (non-hydrogen) atoms. The third-order valence-electron chi connectivity index (χ3n) is 1.89. The molecule has 0 atom stereocenters. The van der Waals surface area contributed by atoms with E-state index < -0.39 is 0 Å². The van der Waals surface area contributed by atoms with Crippen molar-refractivity contribution in [2.24, 2.45) is 0 Å². The van der Waals surface area contributed by atoms with Gasteiger partial charge in [0.05, 0.1) is 23.8 Å². The van der Waals surface area contributed by atoms with E-state index in [1.54, 1.807) is 11.3 Å². The Bertz CT molecular complexity index is 285. The first-order valence-electron chi connectivity index (χ1n) is 4.31. The van der Waals surface area contributed by atoms with E-state index in [-0.39, 0.29) is 0 Å². The lowest BCUT2D eigenvalue weighted by molar-refractivity contribution is 0.112. The molecular formula is C9H12N2OS. The maximum Gasteiger partial charge on any atom is 0.183 e. The fraction of sp³-hybridized carbons (Fsp3) is 0.444. The van der Waals surface area contributed by atoms with Crippen molar-refractivity contribution in [1.29, 1.82) is 0 Å². The van der Waals surface area contributed by atoms with Gasteiger partial charge in [-0.2, -0.15) is 0 Å². The average Bonchev–Trinajstić information content (AvgIpc) is 2.57. The predicted molar refractivity (Wildman–Crippen MR) is 54.2 cm³/mol. The number of aromatic nitrogens is 1. The van der Waals surface area contributed by atoms with Gasteiger partial charge in [0.15, 0.2) is 5.13 Å². The van der Waals surface area contributed by atoms with Crippen LogP contribution < -0.4 is 5.32 Å². The van der Waals surface area contributed by atoms with Crippen LogP contribution in [0, 0.1) is 0 Å². The van der Waals surface area contributed by atoms with Gasteiger partial charge in [-0.05, 0) is 0 Å². The summed E-state index contributed by atoms with van der Waals surface area (Å²) in [5, 5.41) is 4.17. The van der Waals surface area contributed by atoms with Gasteiger partial charge in [-0.25, -0.2) is 4.98 Å². The summed E-state index contributed by atoms with van der Waals surface area (Å²) < 4.78 is 5.34. The van der Waals surface area contributed by atoms with Crippen molar-refractivity contribution >= 4 is 16.5 Å². The smallest absolute Gasteiger partial charge is 0.183 e. The summed E-state index contributed by atoms with van der Waals surface area (Å²) in [4.78, 5) is 5.73. The zero-order valence-corrected chi connectivity index (χ0v) is 8.19. The molecular weight excluding hydrogens is 184 g/mol. The highest BCUT2D eigenvalue weighted by Gasteiger charge is 2.14. The molecule has 1 aliphatic heterocycles. The number of nitrogens with one attached hydrogen (secondary N) is 1. The molecule has 1 aliphatic rings. The summed E-state index contributed by atoms with van der Waals surface area (Å²) in [5.74, 6) is 0. The van der Waals surface area contributed by atoms with Crippen LogP contribution in [0.25, 0.3) is 0 Å². The van der Waals surface area contributed by atoms with Crippen molar-refractivity contribution in [3.63, 3.8) is 0 Å². The van der Waals surface area contributed by atoms with Crippen LogP contribution in [0.3, 0.4) is 0 Å². The van der Waals surface area contributed by atoms with Gasteiger partial charge < -0.3 is 10.1 Å². The number of rotatable bonds is 3. The Hall–Kier alpha value is -0.870. The molecule has 2 rings (SSSR count). The van der Waals surface area contributed by atoms with Crippen molar-refractivity contribution in [3.8, 4) is 0 Å². The average molecular weight is 196 g/mol. The summed E-state index contributed by atoms with van der Waals surface area (Å²) in [7, 11) is 0. The maximum absolute atomic E-state index is 5.34. The molecule has 0 radical (unpaired) electrons. The molecule has 0 unspecified atom stereocenters. The minimum absolute atomic E-state index is 0.725. The normalized spacial score (nSPS) is 15.1. The molecule has 0 saturated carbocycles. The van der Waals surface area contributed by atoms with Crippen molar-refractivity contribution in [2.75, 3.05) is 18.5 Å². The number of hydrogen-bond donors (Lipinski definition) is 1. The second-order valence-corrected chi connectivity index (χ2v) is 3.94. The summed E-state index contributed by atoms with van der Waals surface area (Å²) >= 11 is 1.68. The number of ether oxygens (including phenoxy) is 1. The van der Waals surface area contributed by atoms with Gasteiger partial charge in [0.25, 0.3) is 0 Å².